The van der Waals surface area contributed by atoms with Gasteiger partial charge in [0, 0.05) is 27.2 Å². The highest BCUT2D eigenvalue weighted by atomic mass is 15.2. The van der Waals surface area contributed by atoms with Crippen molar-refractivity contribution in [3.63, 3.8) is 0 Å². The number of rotatable bonds is 2. The minimum atomic E-state index is 1.12. The molecule has 0 N–H and O–H groups in total. The van der Waals surface area contributed by atoms with Crippen LogP contribution in [0.5, 0.6) is 0 Å². The molecule has 8 aromatic rings. The lowest BCUT2D eigenvalue weighted by molar-refractivity contribution is 1.01. The van der Waals surface area contributed by atoms with Crippen LogP contribution in [0, 0.1) is 0 Å². The SMILES string of the molecule is c1cc(-c2ccc3c(c2)c2ccccc2c2ccnn23)cc(-n2c3ccccc3c3ccccc32)c1. The zero-order chi connectivity index (χ0) is 23.6. The second-order valence-electron chi connectivity index (χ2n) is 9.33. The molecule has 3 aromatic heterocycles. The summed E-state index contributed by atoms with van der Waals surface area (Å²) in [6, 6.07) is 43.6. The van der Waals surface area contributed by atoms with Crippen LogP contribution in [0.4, 0.5) is 0 Å². The molecule has 0 spiro atoms. The lowest BCUT2D eigenvalue weighted by atomic mass is 9.99. The summed E-state index contributed by atoms with van der Waals surface area (Å²) in [5.41, 5.74) is 8.26. The largest absolute Gasteiger partial charge is 0.309 e. The quantitative estimate of drug-likeness (QED) is 0.238. The molecule has 0 fully saturated rings. The molecule has 36 heavy (non-hydrogen) atoms. The first-order valence-electron chi connectivity index (χ1n) is 12.2. The Morgan fingerprint density at radius 1 is 0.417 bits per heavy atom. The number of pyridine rings is 1. The van der Waals surface area contributed by atoms with Crippen LogP contribution in [0.2, 0.25) is 0 Å². The molecule has 3 heterocycles. The summed E-state index contributed by atoms with van der Waals surface area (Å²) in [5.74, 6) is 0. The summed E-state index contributed by atoms with van der Waals surface area (Å²) >= 11 is 0. The molecule has 0 atom stereocenters. The highest BCUT2D eigenvalue weighted by Crippen LogP contribution is 2.35. The van der Waals surface area contributed by atoms with E-state index < -0.39 is 0 Å². The van der Waals surface area contributed by atoms with Crippen LogP contribution >= 0.6 is 0 Å². The molecule has 0 unspecified atom stereocenters. The average molecular weight is 460 g/mol. The molecule has 8 rings (SSSR count). The summed E-state index contributed by atoms with van der Waals surface area (Å²) in [6.45, 7) is 0. The second-order valence-corrected chi connectivity index (χ2v) is 9.33. The third kappa shape index (κ3) is 2.65. The topological polar surface area (TPSA) is 22.2 Å². The lowest BCUT2D eigenvalue weighted by Crippen LogP contribution is -1.95. The maximum Gasteiger partial charge on any atom is 0.0747 e. The first-order valence-corrected chi connectivity index (χ1v) is 12.2. The predicted octanol–water partition coefficient (Wildman–Crippen LogP) is 8.40. The summed E-state index contributed by atoms with van der Waals surface area (Å²) in [6.07, 6.45) is 1.88. The lowest BCUT2D eigenvalue weighted by Gasteiger charge is -2.12. The molecule has 0 radical (unpaired) electrons. The van der Waals surface area contributed by atoms with E-state index in [9.17, 15) is 0 Å². The van der Waals surface area contributed by atoms with E-state index in [2.05, 4.69) is 136 Å². The smallest absolute Gasteiger partial charge is 0.0747 e. The molecule has 0 amide bonds. The summed E-state index contributed by atoms with van der Waals surface area (Å²) in [4.78, 5) is 0. The number of hydrogen-bond donors (Lipinski definition) is 0. The van der Waals surface area contributed by atoms with Crippen LogP contribution < -0.4 is 0 Å². The highest BCUT2D eigenvalue weighted by Gasteiger charge is 2.13. The molecule has 0 saturated heterocycles. The Hall–Kier alpha value is -4.89. The van der Waals surface area contributed by atoms with E-state index in [1.54, 1.807) is 0 Å². The Morgan fingerprint density at radius 2 is 1.03 bits per heavy atom. The second kappa shape index (κ2) is 7.30. The first kappa shape index (κ1) is 19.4. The Kier molecular flexibility index (Phi) is 3.94. The highest BCUT2D eigenvalue weighted by molar-refractivity contribution is 6.13. The molecular formula is C33H21N3. The number of para-hydroxylation sites is 2. The van der Waals surface area contributed by atoms with E-state index in [0.29, 0.717) is 0 Å². The maximum absolute atomic E-state index is 4.62. The van der Waals surface area contributed by atoms with E-state index >= 15 is 0 Å². The molecule has 5 aromatic carbocycles. The predicted molar refractivity (Wildman–Crippen MR) is 150 cm³/mol. The van der Waals surface area contributed by atoms with Crippen LogP contribution in [0.25, 0.3) is 65.8 Å². The van der Waals surface area contributed by atoms with Gasteiger partial charge in [0.15, 0.2) is 0 Å². The fourth-order valence-electron chi connectivity index (χ4n) is 5.78. The van der Waals surface area contributed by atoms with Gasteiger partial charge in [-0.3, -0.25) is 0 Å². The number of fused-ring (bicyclic) bond motifs is 9. The van der Waals surface area contributed by atoms with Crippen LogP contribution in [0.15, 0.2) is 128 Å². The Morgan fingerprint density at radius 3 is 1.78 bits per heavy atom. The van der Waals surface area contributed by atoms with Gasteiger partial charge in [0.1, 0.15) is 0 Å². The Bertz CT molecular complexity index is 2060. The van der Waals surface area contributed by atoms with Gasteiger partial charge in [0.25, 0.3) is 0 Å². The molecule has 3 heteroatoms. The molecular weight excluding hydrogens is 438 g/mol. The van der Waals surface area contributed by atoms with Crippen LogP contribution in [0.3, 0.4) is 0 Å². The van der Waals surface area contributed by atoms with Gasteiger partial charge >= 0.3 is 0 Å². The zero-order valence-corrected chi connectivity index (χ0v) is 19.5. The molecule has 0 aliphatic heterocycles. The van der Waals surface area contributed by atoms with Gasteiger partial charge in [0.05, 0.1) is 28.3 Å². The third-order valence-electron chi connectivity index (χ3n) is 7.38. The molecule has 0 aliphatic carbocycles. The molecule has 168 valence electrons. The number of nitrogens with zero attached hydrogens (tertiary/aromatic N) is 3. The zero-order valence-electron chi connectivity index (χ0n) is 19.5. The molecule has 0 aliphatic rings. The molecule has 0 saturated carbocycles. The van der Waals surface area contributed by atoms with Gasteiger partial charge in [-0.15, -0.1) is 0 Å². The van der Waals surface area contributed by atoms with Gasteiger partial charge in [0.2, 0.25) is 0 Å². The molecule has 0 bridgehead atoms. The van der Waals surface area contributed by atoms with Gasteiger partial charge in [-0.2, -0.15) is 5.10 Å². The summed E-state index contributed by atoms with van der Waals surface area (Å²) in [7, 11) is 0. The minimum absolute atomic E-state index is 1.12. The maximum atomic E-state index is 4.62. The van der Waals surface area contributed by atoms with E-state index in [1.165, 1.54) is 49.1 Å². The standard InChI is InChI=1S/C33H21N3/c1-2-11-26-25(10-1)29-21-23(16-17-32(29)36-33(26)18-19-34-36)22-8-7-9-24(20-22)35-30-14-5-3-12-27(30)28-13-4-6-15-31(28)35/h1-21H. The van der Waals surface area contributed by atoms with Crippen molar-refractivity contribution in [2.75, 3.05) is 0 Å². The average Bonchev–Trinajstić information content (AvgIpc) is 3.57. The Labute approximate surface area is 207 Å². The van der Waals surface area contributed by atoms with Crippen molar-refractivity contribution in [2.45, 2.75) is 0 Å². The van der Waals surface area contributed by atoms with Crippen molar-refractivity contribution in [2.24, 2.45) is 0 Å². The van der Waals surface area contributed by atoms with Crippen molar-refractivity contribution in [3.8, 4) is 16.8 Å². The van der Waals surface area contributed by atoms with Crippen molar-refractivity contribution in [3.05, 3.63) is 128 Å². The third-order valence-corrected chi connectivity index (χ3v) is 7.38. The molecule has 3 nitrogen and oxygen atoms in total. The van der Waals surface area contributed by atoms with Crippen molar-refractivity contribution < 1.29 is 0 Å². The van der Waals surface area contributed by atoms with E-state index in [-0.39, 0.29) is 0 Å². The van der Waals surface area contributed by atoms with E-state index in [0.717, 1.165) is 16.7 Å². The summed E-state index contributed by atoms with van der Waals surface area (Å²) in [5, 5.41) is 10.9. The van der Waals surface area contributed by atoms with Gasteiger partial charge in [-0.05, 0) is 59.0 Å². The van der Waals surface area contributed by atoms with Crippen LogP contribution in [-0.2, 0) is 0 Å². The number of benzene rings is 5. The Balaban J connectivity index is 1.38. The van der Waals surface area contributed by atoms with Crippen LogP contribution in [-0.4, -0.2) is 14.2 Å². The van der Waals surface area contributed by atoms with Gasteiger partial charge in [-0.1, -0.05) is 78.9 Å². The van der Waals surface area contributed by atoms with Gasteiger partial charge < -0.3 is 4.57 Å². The normalized spacial score (nSPS) is 11.9. The van der Waals surface area contributed by atoms with Gasteiger partial charge in [-0.25, -0.2) is 4.52 Å². The number of hydrogen-bond acceptors (Lipinski definition) is 1. The number of aromatic nitrogens is 3. The fraction of sp³-hybridized carbons (Fsp3) is 0. The van der Waals surface area contributed by atoms with E-state index in [1.807, 2.05) is 6.20 Å². The van der Waals surface area contributed by atoms with Crippen molar-refractivity contribution in [1.29, 1.82) is 0 Å². The van der Waals surface area contributed by atoms with Crippen LogP contribution in [0.1, 0.15) is 0 Å². The van der Waals surface area contributed by atoms with Crippen molar-refractivity contribution >= 4 is 49.0 Å². The minimum Gasteiger partial charge on any atom is -0.309 e. The summed E-state index contributed by atoms with van der Waals surface area (Å²) < 4.78 is 4.42. The van der Waals surface area contributed by atoms with E-state index in [4.69, 9.17) is 0 Å². The first-order chi connectivity index (χ1) is 17.9. The van der Waals surface area contributed by atoms with Crippen molar-refractivity contribution in [1.82, 2.24) is 14.2 Å². The monoisotopic (exact) mass is 459 g/mol. The fourth-order valence-corrected chi connectivity index (χ4v) is 5.78.